The number of carbonyl (C=O) groups is 1. The second-order valence-electron chi connectivity index (χ2n) is 4.20. The third-order valence-corrected chi connectivity index (χ3v) is 2.98. The average molecular weight is 235 g/mol. The van der Waals surface area contributed by atoms with E-state index in [1.165, 1.54) is 12.8 Å². The molecule has 0 atom stereocenters. The summed E-state index contributed by atoms with van der Waals surface area (Å²) in [5.41, 5.74) is 0.230. The van der Waals surface area contributed by atoms with Gasteiger partial charge in [0.05, 0.1) is 0 Å². The van der Waals surface area contributed by atoms with Gasteiger partial charge in [-0.15, -0.1) is 0 Å². The van der Waals surface area contributed by atoms with Crippen LogP contribution in [0.25, 0.3) is 0 Å². The number of benzene rings is 1. The van der Waals surface area contributed by atoms with Crippen molar-refractivity contribution in [3.63, 3.8) is 0 Å². The minimum absolute atomic E-state index is 0.230. The molecule has 1 aliphatic heterocycles. The highest BCUT2D eigenvalue weighted by molar-refractivity contribution is 5.90. The van der Waals surface area contributed by atoms with Crippen molar-refractivity contribution in [3.8, 4) is 5.75 Å². The molecule has 0 unspecified atom stereocenters. The van der Waals surface area contributed by atoms with Crippen molar-refractivity contribution in [2.45, 2.75) is 12.8 Å². The van der Waals surface area contributed by atoms with Crippen LogP contribution in [0.3, 0.4) is 0 Å². The molecule has 17 heavy (non-hydrogen) atoms. The fraction of sp³-hybridized carbons (Fsp3) is 0.462. The molecule has 1 aromatic rings. The summed E-state index contributed by atoms with van der Waals surface area (Å²) in [5, 5.41) is 8.99. The van der Waals surface area contributed by atoms with Gasteiger partial charge in [0.25, 0.3) is 0 Å². The van der Waals surface area contributed by atoms with Gasteiger partial charge in [0.2, 0.25) is 0 Å². The van der Waals surface area contributed by atoms with Gasteiger partial charge in [-0.25, -0.2) is 4.79 Å². The molecule has 4 nitrogen and oxygen atoms in total. The molecule has 0 radical (unpaired) electrons. The lowest BCUT2D eigenvalue weighted by atomic mass is 10.2. The molecule has 92 valence electrons. The Morgan fingerprint density at radius 3 is 2.71 bits per heavy atom. The number of hydrogen-bond acceptors (Lipinski definition) is 3. The van der Waals surface area contributed by atoms with Gasteiger partial charge in [-0.3, -0.25) is 4.90 Å². The van der Waals surface area contributed by atoms with Crippen LogP contribution in [0.4, 0.5) is 0 Å². The third-order valence-electron chi connectivity index (χ3n) is 2.98. The van der Waals surface area contributed by atoms with E-state index in [0.29, 0.717) is 12.4 Å². The summed E-state index contributed by atoms with van der Waals surface area (Å²) in [5.74, 6) is -0.485. The third kappa shape index (κ3) is 3.20. The summed E-state index contributed by atoms with van der Waals surface area (Å²) in [6.45, 7) is 3.67. The van der Waals surface area contributed by atoms with E-state index in [9.17, 15) is 4.79 Å². The minimum Gasteiger partial charge on any atom is -0.491 e. The van der Waals surface area contributed by atoms with E-state index in [2.05, 4.69) is 4.90 Å². The lowest BCUT2D eigenvalue weighted by molar-refractivity contribution is 0.0691. The van der Waals surface area contributed by atoms with Crippen LogP contribution in [0.15, 0.2) is 24.3 Å². The number of hydrogen-bond donors (Lipinski definition) is 1. The van der Waals surface area contributed by atoms with E-state index in [1.807, 2.05) is 0 Å². The van der Waals surface area contributed by atoms with Crippen LogP contribution in [-0.4, -0.2) is 42.2 Å². The van der Waals surface area contributed by atoms with Gasteiger partial charge in [0, 0.05) is 6.54 Å². The normalized spacial score (nSPS) is 16.0. The number of carboxylic acid groups (broad SMARTS) is 1. The molecule has 1 saturated heterocycles. The molecular formula is C13H17NO3. The number of nitrogens with zero attached hydrogens (tertiary/aromatic N) is 1. The van der Waals surface area contributed by atoms with Gasteiger partial charge in [0.15, 0.2) is 0 Å². The molecule has 1 aromatic carbocycles. The molecule has 1 N–H and O–H groups in total. The molecule has 2 rings (SSSR count). The van der Waals surface area contributed by atoms with Gasteiger partial charge in [0.1, 0.15) is 17.9 Å². The summed E-state index contributed by atoms with van der Waals surface area (Å²) < 4.78 is 5.54. The highest BCUT2D eigenvalue weighted by Gasteiger charge is 2.13. The average Bonchev–Trinajstić information content (AvgIpc) is 2.82. The van der Waals surface area contributed by atoms with E-state index < -0.39 is 5.97 Å². The Morgan fingerprint density at radius 1 is 1.29 bits per heavy atom. The second-order valence-corrected chi connectivity index (χ2v) is 4.20. The number of likely N-dealkylation sites (tertiary alicyclic amines) is 1. The maximum absolute atomic E-state index is 11.0. The maximum atomic E-state index is 11.0. The van der Waals surface area contributed by atoms with E-state index in [1.54, 1.807) is 24.3 Å². The molecule has 1 fully saturated rings. The molecule has 0 spiro atoms. The Labute approximate surface area is 101 Å². The first-order chi connectivity index (χ1) is 8.27. The number of para-hydroxylation sites is 1. The lowest BCUT2D eigenvalue weighted by Gasteiger charge is -2.15. The predicted molar refractivity (Wildman–Crippen MR) is 64.6 cm³/mol. The van der Waals surface area contributed by atoms with Gasteiger partial charge < -0.3 is 9.84 Å². The fourth-order valence-electron chi connectivity index (χ4n) is 2.06. The first kappa shape index (κ1) is 11.9. The predicted octanol–water partition coefficient (Wildman–Crippen LogP) is 1.86. The second kappa shape index (κ2) is 5.68. The topological polar surface area (TPSA) is 49.8 Å². The molecule has 1 aliphatic rings. The Kier molecular flexibility index (Phi) is 3.98. The van der Waals surface area contributed by atoms with Crippen LogP contribution in [-0.2, 0) is 0 Å². The fourth-order valence-corrected chi connectivity index (χ4v) is 2.06. The highest BCUT2D eigenvalue weighted by atomic mass is 16.5. The van der Waals surface area contributed by atoms with Crippen LogP contribution in [0.5, 0.6) is 5.75 Å². The van der Waals surface area contributed by atoms with Crippen LogP contribution >= 0.6 is 0 Å². The standard InChI is InChI=1S/C13H17NO3/c15-13(16)11-5-1-2-6-12(11)17-10-9-14-7-3-4-8-14/h1-2,5-6H,3-4,7-10H2,(H,15,16). The van der Waals surface area contributed by atoms with Gasteiger partial charge >= 0.3 is 5.97 Å². The lowest BCUT2D eigenvalue weighted by Crippen LogP contribution is -2.25. The van der Waals surface area contributed by atoms with Crippen molar-refractivity contribution in [3.05, 3.63) is 29.8 Å². The van der Waals surface area contributed by atoms with E-state index in [4.69, 9.17) is 9.84 Å². The first-order valence-electron chi connectivity index (χ1n) is 5.95. The Bertz CT molecular complexity index is 386. The largest absolute Gasteiger partial charge is 0.491 e. The number of aromatic carboxylic acids is 1. The van der Waals surface area contributed by atoms with Crippen LogP contribution in [0.1, 0.15) is 23.2 Å². The molecule has 0 saturated carbocycles. The van der Waals surface area contributed by atoms with Gasteiger partial charge in [-0.2, -0.15) is 0 Å². The van der Waals surface area contributed by atoms with Crippen molar-refractivity contribution in [1.82, 2.24) is 4.90 Å². The zero-order valence-corrected chi connectivity index (χ0v) is 9.76. The number of carboxylic acids is 1. The Hall–Kier alpha value is -1.55. The maximum Gasteiger partial charge on any atom is 0.339 e. The molecule has 0 bridgehead atoms. The smallest absolute Gasteiger partial charge is 0.339 e. The van der Waals surface area contributed by atoms with Crippen molar-refractivity contribution < 1.29 is 14.6 Å². The van der Waals surface area contributed by atoms with Gasteiger partial charge in [-0.1, -0.05) is 12.1 Å². The molecule has 0 amide bonds. The van der Waals surface area contributed by atoms with E-state index in [0.717, 1.165) is 19.6 Å². The quantitative estimate of drug-likeness (QED) is 0.846. The van der Waals surface area contributed by atoms with Crippen molar-refractivity contribution in [2.75, 3.05) is 26.2 Å². The summed E-state index contributed by atoms with van der Waals surface area (Å²) in [6.07, 6.45) is 2.51. The zero-order valence-electron chi connectivity index (χ0n) is 9.76. The Balaban J connectivity index is 1.87. The van der Waals surface area contributed by atoms with Crippen molar-refractivity contribution in [1.29, 1.82) is 0 Å². The van der Waals surface area contributed by atoms with Crippen molar-refractivity contribution in [2.24, 2.45) is 0 Å². The minimum atomic E-state index is -0.943. The van der Waals surface area contributed by atoms with Crippen LogP contribution in [0.2, 0.25) is 0 Å². The number of ether oxygens (including phenoxy) is 1. The highest BCUT2D eigenvalue weighted by Crippen LogP contribution is 2.17. The van der Waals surface area contributed by atoms with Crippen LogP contribution in [0, 0.1) is 0 Å². The van der Waals surface area contributed by atoms with Crippen LogP contribution < -0.4 is 4.74 Å². The number of rotatable bonds is 5. The molecule has 4 heteroatoms. The van der Waals surface area contributed by atoms with Gasteiger partial charge in [-0.05, 0) is 38.1 Å². The molecular weight excluding hydrogens is 218 g/mol. The van der Waals surface area contributed by atoms with Crippen molar-refractivity contribution >= 4 is 5.97 Å². The van der Waals surface area contributed by atoms with E-state index >= 15 is 0 Å². The summed E-state index contributed by atoms with van der Waals surface area (Å²) in [6, 6.07) is 6.76. The zero-order chi connectivity index (χ0) is 12.1. The summed E-state index contributed by atoms with van der Waals surface area (Å²) in [7, 11) is 0. The summed E-state index contributed by atoms with van der Waals surface area (Å²) in [4.78, 5) is 13.3. The summed E-state index contributed by atoms with van der Waals surface area (Å²) >= 11 is 0. The first-order valence-corrected chi connectivity index (χ1v) is 5.95. The van der Waals surface area contributed by atoms with E-state index in [-0.39, 0.29) is 5.56 Å². The molecule has 1 heterocycles. The monoisotopic (exact) mass is 235 g/mol. The SMILES string of the molecule is O=C(O)c1ccccc1OCCN1CCCC1. The Morgan fingerprint density at radius 2 is 2.00 bits per heavy atom. The molecule has 0 aliphatic carbocycles. The molecule has 0 aromatic heterocycles.